The summed E-state index contributed by atoms with van der Waals surface area (Å²) in [6.45, 7) is 2.47. The Labute approximate surface area is 210 Å². The van der Waals surface area contributed by atoms with Gasteiger partial charge in [0.2, 0.25) is 5.91 Å². The van der Waals surface area contributed by atoms with Crippen LogP contribution in [0.1, 0.15) is 67.0 Å². The molecule has 1 fully saturated rings. The Kier molecular flexibility index (Phi) is 10.5. The lowest BCUT2D eigenvalue weighted by atomic mass is 10.0. The van der Waals surface area contributed by atoms with E-state index in [9.17, 15) is 19.8 Å². The summed E-state index contributed by atoms with van der Waals surface area (Å²) in [5, 5.41) is 24.7. The molecular weight excluding hydrogens is 463 g/mol. The van der Waals surface area contributed by atoms with Crippen molar-refractivity contribution in [2.24, 2.45) is 0 Å². The quantitative estimate of drug-likeness (QED) is 0.222. The first-order valence-corrected chi connectivity index (χ1v) is 12.9. The number of hydrogen-bond acceptors (Lipinski definition) is 6. The second-order valence-electron chi connectivity index (χ2n) is 9.16. The van der Waals surface area contributed by atoms with Gasteiger partial charge in [0.15, 0.2) is 5.78 Å². The van der Waals surface area contributed by atoms with Gasteiger partial charge >= 0.3 is 0 Å². The van der Waals surface area contributed by atoms with Crippen LogP contribution in [0.4, 0.5) is 0 Å². The number of carbonyl (C=O) groups excluding carboxylic acids is 2. The first-order valence-electron chi connectivity index (χ1n) is 12.3. The predicted molar refractivity (Wildman–Crippen MR) is 140 cm³/mol. The minimum atomic E-state index is -0.918. The van der Waals surface area contributed by atoms with Crippen molar-refractivity contribution in [3.63, 3.8) is 0 Å². The molecule has 1 heterocycles. The Morgan fingerprint density at radius 2 is 1.74 bits per heavy atom. The largest absolute Gasteiger partial charge is 0.507 e. The van der Waals surface area contributed by atoms with Crippen LogP contribution in [0.3, 0.4) is 0 Å². The molecular formula is C27H37N2O5P. The summed E-state index contributed by atoms with van der Waals surface area (Å²) in [6, 6.07) is 11.7. The topological polar surface area (TPSA) is 99.1 Å². The summed E-state index contributed by atoms with van der Waals surface area (Å²) in [6.07, 6.45) is 4.28. The first-order chi connectivity index (χ1) is 16.9. The number of benzene rings is 2. The summed E-state index contributed by atoms with van der Waals surface area (Å²) in [5.74, 6) is 0.799. The van der Waals surface area contributed by atoms with Gasteiger partial charge in [0, 0.05) is 30.3 Å². The van der Waals surface area contributed by atoms with Crippen molar-refractivity contribution in [3.05, 3.63) is 53.6 Å². The molecule has 35 heavy (non-hydrogen) atoms. The summed E-state index contributed by atoms with van der Waals surface area (Å²) in [4.78, 5) is 27.3. The Morgan fingerprint density at radius 1 is 1.06 bits per heavy atom. The Balaban J connectivity index is 1.46. The van der Waals surface area contributed by atoms with E-state index >= 15 is 0 Å². The van der Waals surface area contributed by atoms with E-state index in [4.69, 9.17) is 4.74 Å². The van der Waals surface area contributed by atoms with Gasteiger partial charge < -0.3 is 25.2 Å². The number of aliphatic hydroxyl groups is 1. The highest BCUT2D eigenvalue weighted by molar-refractivity contribution is 7.27. The van der Waals surface area contributed by atoms with Crippen molar-refractivity contribution in [1.29, 1.82) is 0 Å². The number of hydrogen-bond donors (Lipinski definition) is 3. The number of aromatic hydroxyl groups is 1. The van der Waals surface area contributed by atoms with Gasteiger partial charge in [-0.2, -0.15) is 0 Å². The zero-order valence-corrected chi connectivity index (χ0v) is 21.6. The fourth-order valence-electron chi connectivity index (χ4n) is 4.39. The number of carbonyl (C=O) groups is 2. The molecule has 0 aromatic heterocycles. The average Bonchev–Trinajstić information content (AvgIpc) is 3.37. The van der Waals surface area contributed by atoms with E-state index in [0.717, 1.165) is 44.5 Å². The van der Waals surface area contributed by atoms with Gasteiger partial charge in [-0.1, -0.05) is 18.6 Å². The fraction of sp³-hybridized carbons (Fsp3) is 0.481. The molecule has 3 atom stereocenters. The molecule has 190 valence electrons. The normalized spacial score (nSPS) is 15.5. The number of amides is 1. The number of ether oxygens (including phenoxy) is 1. The van der Waals surface area contributed by atoms with Crippen molar-refractivity contribution < 1.29 is 24.5 Å². The number of unbranched alkanes of at least 4 members (excludes halogenated alkanes) is 2. The summed E-state index contributed by atoms with van der Waals surface area (Å²) >= 11 is 0. The van der Waals surface area contributed by atoms with Crippen LogP contribution in [0.2, 0.25) is 0 Å². The SMILES string of the molecule is COc1ccc(C(=O)CCCCCC(=O)NC(CN2CCCC2)[C@H](O)c2ccc(P)c(O)c2)cc1. The second kappa shape index (κ2) is 13.6. The molecule has 1 amide bonds. The lowest BCUT2D eigenvalue weighted by Gasteiger charge is -2.29. The van der Waals surface area contributed by atoms with Crippen LogP contribution in [-0.2, 0) is 4.79 Å². The number of phenolic OH excluding ortho intramolecular Hbond substituents is 1. The monoisotopic (exact) mass is 500 g/mol. The zero-order chi connectivity index (χ0) is 25.2. The molecule has 0 saturated carbocycles. The number of ketones is 1. The number of nitrogens with one attached hydrogen (secondary N) is 1. The highest BCUT2D eigenvalue weighted by Crippen LogP contribution is 2.23. The summed E-state index contributed by atoms with van der Waals surface area (Å²) < 4.78 is 5.12. The van der Waals surface area contributed by atoms with Crippen LogP contribution < -0.4 is 15.4 Å². The molecule has 0 bridgehead atoms. The maximum atomic E-state index is 12.7. The lowest BCUT2D eigenvalue weighted by Crippen LogP contribution is -2.46. The number of aliphatic hydroxyl groups excluding tert-OH is 1. The molecule has 0 radical (unpaired) electrons. The Hall–Kier alpha value is -2.47. The van der Waals surface area contributed by atoms with Crippen molar-refractivity contribution in [3.8, 4) is 11.5 Å². The summed E-state index contributed by atoms with van der Waals surface area (Å²) in [5.41, 5.74) is 1.25. The van der Waals surface area contributed by atoms with Gasteiger partial charge in [0.1, 0.15) is 17.6 Å². The maximum absolute atomic E-state index is 12.7. The average molecular weight is 501 g/mol. The van der Waals surface area contributed by atoms with Crippen LogP contribution in [0.5, 0.6) is 11.5 Å². The van der Waals surface area contributed by atoms with E-state index < -0.39 is 12.1 Å². The van der Waals surface area contributed by atoms with Gasteiger partial charge in [-0.3, -0.25) is 9.59 Å². The highest BCUT2D eigenvalue weighted by atomic mass is 31.0. The molecule has 0 aliphatic carbocycles. The lowest BCUT2D eigenvalue weighted by molar-refractivity contribution is -0.123. The Bertz CT molecular complexity index is 976. The van der Waals surface area contributed by atoms with E-state index in [1.54, 1.807) is 49.6 Å². The van der Waals surface area contributed by atoms with Crippen LogP contribution in [0.25, 0.3) is 0 Å². The van der Waals surface area contributed by atoms with E-state index in [1.807, 2.05) is 0 Å². The van der Waals surface area contributed by atoms with Gasteiger partial charge in [-0.25, -0.2) is 0 Å². The standard InChI is InChI=1S/C27H37N2O5P/c1-34-21-12-9-19(10-13-21)23(30)7-3-2-4-8-26(32)28-22(18-29-15-5-6-16-29)27(33)20-11-14-25(35)24(31)17-20/h9-14,17,22,27,31,33H,2-8,15-16,18,35H2,1H3,(H,28,32)/t22?,27-/m1/s1. The van der Waals surface area contributed by atoms with Crippen molar-refractivity contribution in [2.45, 2.75) is 57.1 Å². The molecule has 1 aliphatic rings. The third-order valence-electron chi connectivity index (χ3n) is 6.50. The van der Waals surface area contributed by atoms with Gasteiger partial charge in [-0.15, -0.1) is 9.24 Å². The molecule has 7 nitrogen and oxygen atoms in total. The van der Waals surface area contributed by atoms with Crippen LogP contribution in [0, 0.1) is 0 Å². The third kappa shape index (κ3) is 8.31. The minimum absolute atomic E-state index is 0.0886. The molecule has 3 rings (SSSR count). The number of phenols is 1. The molecule has 3 N–H and O–H groups in total. The van der Waals surface area contributed by atoms with Crippen molar-refractivity contribution in [1.82, 2.24) is 10.2 Å². The predicted octanol–water partition coefficient (Wildman–Crippen LogP) is 3.35. The Morgan fingerprint density at radius 3 is 2.40 bits per heavy atom. The number of nitrogens with zero attached hydrogens (tertiary/aromatic N) is 1. The number of Topliss-reactive ketones (excluding diaryl/α,β-unsaturated/α-hetero) is 1. The number of rotatable bonds is 13. The van der Waals surface area contributed by atoms with Gasteiger partial charge in [0.25, 0.3) is 0 Å². The molecule has 8 heteroatoms. The van der Waals surface area contributed by atoms with Gasteiger partial charge in [-0.05, 0) is 74.7 Å². The highest BCUT2D eigenvalue weighted by Gasteiger charge is 2.27. The number of methoxy groups -OCH3 is 1. The van der Waals surface area contributed by atoms with Gasteiger partial charge in [0.05, 0.1) is 13.2 Å². The van der Waals surface area contributed by atoms with Crippen LogP contribution in [-0.4, -0.2) is 59.6 Å². The van der Waals surface area contributed by atoms with E-state index in [2.05, 4.69) is 19.5 Å². The number of likely N-dealkylation sites (tertiary alicyclic amines) is 1. The maximum Gasteiger partial charge on any atom is 0.220 e. The molecule has 0 spiro atoms. The smallest absolute Gasteiger partial charge is 0.220 e. The molecule has 1 saturated heterocycles. The fourth-order valence-corrected chi connectivity index (χ4v) is 4.57. The van der Waals surface area contributed by atoms with E-state index in [-0.39, 0.29) is 17.4 Å². The first kappa shape index (κ1) is 27.1. The van der Waals surface area contributed by atoms with E-state index in [1.165, 1.54) is 0 Å². The van der Waals surface area contributed by atoms with Crippen LogP contribution in [0.15, 0.2) is 42.5 Å². The van der Waals surface area contributed by atoms with Crippen molar-refractivity contribution in [2.75, 3.05) is 26.7 Å². The molecule has 2 aromatic carbocycles. The summed E-state index contributed by atoms with van der Waals surface area (Å²) in [7, 11) is 4.04. The van der Waals surface area contributed by atoms with Crippen LogP contribution >= 0.6 is 9.24 Å². The molecule has 2 unspecified atom stereocenters. The van der Waals surface area contributed by atoms with E-state index in [0.29, 0.717) is 42.2 Å². The van der Waals surface area contributed by atoms with Crippen molar-refractivity contribution >= 4 is 26.2 Å². The minimum Gasteiger partial charge on any atom is -0.507 e. The zero-order valence-electron chi connectivity index (χ0n) is 20.4. The molecule has 2 aromatic rings. The molecule has 1 aliphatic heterocycles. The second-order valence-corrected chi connectivity index (χ2v) is 9.78. The third-order valence-corrected chi connectivity index (χ3v) is 6.98.